The molecular formula is C13H19N3O. The summed E-state index contributed by atoms with van der Waals surface area (Å²) in [5, 5.41) is 8.87. The quantitative estimate of drug-likeness (QED) is 0.806. The minimum absolute atomic E-state index is 0.0882. The van der Waals surface area contributed by atoms with Crippen molar-refractivity contribution in [2.75, 3.05) is 26.4 Å². The Balaban J connectivity index is 2.81. The van der Waals surface area contributed by atoms with Crippen molar-refractivity contribution in [3.63, 3.8) is 0 Å². The fraction of sp³-hybridized carbons (Fsp3) is 0.462. The SMILES string of the molecule is CN(C)C(C)(C)COc1cccc(C#N)c1N. The van der Waals surface area contributed by atoms with Crippen LogP contribution in [0.1, 0.15) is 19.4 Å². The van der Waals surface area contributed by atoms with Crippen LogP contribution in [0.2, 0.25) is 0 Å². The van der Waals surface area contributed by atoms with E-state index in [9.17, 15) is 0 Å². The number of likely N-dealkylation sites (N-methyl/N-ethyl adjacent to an activating group) is 1. The number of hydrogen-bond donors (Lipinski definition) is 1. The van der Waals surface area contributed by atoms with E-state index in [-0.39, 0.29) is 5.54 Å². The van der Waals surface area contributed by atoms with E-state index in [0.717, 1.165) is 0 Å². The lowest BCUT2D eigenvalue weighted by Gasteiger charge is -2.32. The first-order valence-corrected chi connectivity index (χ1v) is 5.47. The van der Waals surface area contributed by atoms with Crippen LogP contribution in [0.15, 0.2) is 18.2 Å². The van der Waals surface area contributed by atoms with Crippen LogP contribution in [0.4, 0.5) is 5.69 Å². The van der Waals surface area contributed by atoms with Gasteiger partial charge in [0.2, 0.25) is 0 Å². The first-order valence-electron chi connectivity index (χ1n) is 5.47. The van der Waals surface area contributed by atoms with Gasteiger partial charge in [-0.1, -0.05) is 6.07 Å². The minimum Gasteiger partial charge on any atom is -0.489 e. The summed E-state index contributed by atoms with van der Waals surface area (Å²) in [6.45, 7) is 4.67. The van der Waals surface area contributed by atoms with E-state index in [2.05, 4.69) is 18.7 Å². The van der Waals surface area contributed by atoms with Crippen LogP contribution in [0.3, 0.4) is 0 Å². The van der Waals surface area contributed by atoms with Crippen molar-refractivity contribution < 1.29 is 4.74 Å². The zero-order valence-electron chi connectivity index (χ0n) is 10.8. The lowest BCUT2D eigenvalue weighted by atomic mass is 10.1. The van der Waals surface area contributed by atoms with Gasteiger partial charge in [-0.25, -0.2) is 0 Å². The van der Waals surface area contributed by atoms with Gasteiger partial charge in [-0.2, -0.15) is 5.26 Å². The molecule has 0 bridgehead atoms. The Morgan fingerprint density at radius 2 is 2.06 bits per heavy atom. The largest absolute Gasteiger partial charge is 0.489 e. The van der Waals surface area contributed by atoms with Crippen LogP contribution < -0.4 is 10.5 Å². The summed E-state index contributed by atoms with van der Waals surface area (Å²) < 4.78 is 5.69. The summed E-state index contributed by atoms with van der Waals surface area (Å²) in [4.78, 5) is 2.08. The van der Waals surface area contributed by atoms with Crippen LogP contribution in [-0.2, 0) is 0 Å². The zero-order valence-corrected chi connectivity index (χ0v) is 10.8. The molecule has 0 amide bonds. The number of ether oxygens (including phenoxy) is 1. The average molecular weight is 233 g/mol. The van der Waals surface area contributed by atoms with E-state index >= 15 is 0 Å². The maximum atomic E-state index is 8.87. The van der Waals surface area contributed by atoms with Gasteiger partial charge in [0.1, 0.15) is 18.4 Å². The molecule has 0 fully saturated rings. The van der Waals surface area contributed by atoms with Gasteiger partial charge < -0.3 is 15.4 Å². The molecule has 4 heteroatoms. The van der Waals surface area contributed by atoms with Gasteiger partial charge in [0.25, 0.3) is 0 Å². The standard InChI is InChI=1S/C13H19N3O/c1-13(2,16(3)4)9-17-11-7-5-6-10(8-14)12(11)15/h5-7H,9,15H2,1-4H3. The van der Waals surface area contributed by atoms with Crippen molar-refractivity contribution in [1.82, 2.24) is 4.90 Å². The Kier molecular flexibility index (Phi) is 3.97. The minimum atomic E-state index is -0.0882. The van der Waals surface area contributed by atoms with Gasteiger partial charge in [-0.05, 0) is 40.1 Å². The number of anilines is 1. The number of para-hydroxylation sites is 1. The second-order valence-corrected chi connectivity index (χ2v) is 4.82. The first-order chi connectivity index (χ1) is 7.88. The number of nitrogen functional groups attached to an aromatic ring is 1. The molecule has 4 nitrogen and oxygen atoms in total. The van der Waals surface area contributed by atoms with E-state index in [4.69, 9.17) is 15.7 Å². The fourth-order valence-electron chi connectivity index (χ4n) is 1.15. The van der Waals surface area contributed by atoms with Crippen molar-refractivity contribution >= 4 is 5.69 Å². The van der Waals surface area contributed by atoms with Crippen LogP contribution in [-0.4, -0.2) is 31.1 Å². The molecule has 17 heavy (non-hydrogen) atoms. The van der Waals surface area contributed by atoms with Crippen molar-refractivity contribution in [2.45, 2.75) is 19.4 Å². The van der Waals surface area contributed by atoms with E-state index in [1.807, 2.05) is 20.2 Å². The molecule has 92 valence electrons. The van der Waals surface area contributed by atoms with Crippen LogP contribution in [0.5, 0.6) is 5.75 Å². The third kappa shape index (κ3) is 3.11. The highest BCUT2D eigenvalue weighted by Gasteiger charge is 2.21. The van der Waals surface area contributed by atoms with Gasteiger partial charge in [0, 0.05) is 5.54 Å². The van der Waals surface area contributed by atoms with Crippen molar-refractivity contribution in [2.24, 2.45) is 0 Å². The number of nitriles is 1. The Morgan fingerprint density at radius 3 is 2.59 bits per heavy atom. The molecule has 0 saturated carbocycles. The van der Waals surface area contributed by atoms with Gasteiger partial charge in [0.05, 0.1) is 11.3 Å². The Bertz CT molecular complexity index is 433. The zero-order chi connectivity index (χ0) is 13.1. The van der Waals surface area contributed by atoms with Gasteiger partial charge in [-0.3, -0.25) is 0 Å². The van der Waals surface area contributed by atoms with E-state index < -0.39 is 0 Å². The van der Waals surface area contributed by atoms with Crippen LogP contribution in [0.25, 0.3) is 0 Å². The van der Waals surface area contributed by atoms with E-state index in [1.54, 1.807) is 18.2 Å². The summed E-state index contributed by atoms with van der Waals surface area (Å²) in [7, 11) is 4.00. The molecule has 0 atom stereocenters. The summed E-state index contributed by atoms with van der Waals surface area (Å²) in [6.07, 6.45) is 0. The summed E-state index contributed by atoms with van der Waals surface area (Å²) in [6, 6.07) is 7.27. The van der Waals surface area contributed by atoms with E-state index in [1.165, 1.54) is 0 Å². The molecule has 0 aromatic heterocycles. The molecule has 1 aromatic rings. The Morgan fingerprint density at radius 1 is 1.41 bits per heavy atom. The maximum absolute atomic E-state index is 8.87. The Hall–Kier alpha value is -1.73. The molecule has 1 aromatic carbocycles. The van der Waals surface area contributed by atoms with Gasteiger partial charge in [-0.15, -0.1) is 0 Å². The van der Waals surface area contributed by atoms with Crippen molar-refractivity contribution in [3.05, 3.63) is 23.8 Å². The second-order valence-electron chi connectivity index (χ2n) is 4.82. The number of nitrogens with two attached hydrogens (primary N) is 1. The predicted molar refractivity (Wildman–Crippen MR) is 68.8 cm³/mol. The second kappa shape index (κ2) is 5.07. The highest BCUT2D eigenvalue weighted by atomic mass is 16.5. The molecule has 0 aliphatic heterocycles. The number of benzene rings is 1. The summed E-state index contributed by atoms with van der Waals surface area (Å²) >= 11 is 0. The van der Waals surface area contributed by atoms with Crippen LogP contribution >= 0.6 is 0 Å². The third-order valence-corrected chi connectivity index (χ3v) is 2.98. The molecule has 0 heterocycles. The fourth-order valence-corrected chi connectivity index (χ4v) is 1.15. The Labute approximate surface area is 103 Å². The molecule has 1 rings (SSSR count). The lowest BCUT2D eigenvalue weighted by Crippen LogP contribution is -2.43. The predicted octanol–water partition coefficient (Wildman–Crippen LogP) is 1.86. The molecule has 2 N–H and O–H groups in total. The van der Waals surface area contributed by atoms with Gasteiger partial charge in [0.15, 0.2) is 0 Å². The summed E-state index contributed by atoms with van der Waals surface area (Å²) in [5.41, 5.74) is 6.61. The molecule has 0 spiro atoms. The molecule has 0 aliphatic carbocycles. The number of rotatable bonds is 4. The molecular weight excluding hydrogens is 214 g/mol. The van der Waals surface area contributed by atoms with Crippen molar-refractivity contribution in [1.29, 1.82) is 5.26 Å². The first kappa shape index (κ1) is 13.3. The van der Waals surface area contributed by atoms with E-state index in [0.29, 0.717) is 23.6 Å². The summed E-state index contributed by atoms with van der Waals surface area (Å²) in [5.74, 6) is 0.568. The molecule has 0 aliphatic rings. The monoisotopic (exact) mass is 233 g/mol. The van der Waals surface area contributed by atoms with Crippen molar-refractivity contribution in [3.8, 4) is 11.8 Å². The molecule has 0 radical (unpaired) electrons. The van der Waals surface area contributed by atoms with Crippen LogP contribution in [0, 0.1) is 11.3 Å². The highest BCUT2D eigenvalue weighted by Crippen LogP contribution is 2.25. The molecule has 0 unspecified atom stereocenters. The molecule has 0 saturated heterocycles. The average Bonchev–Trinajstić information content (AvgIpc) is 2.27. The normalized spacial score (nSPS) is 11.3. The maximum Gasteiger partial charge on any atom is 0.143 e. The lowest BCUT2D eigenvalue weighted by molar-refractivity contribution is 0.114. The third-order valence-electron chi connectivity index (χ3n) is 2.98. The number of hydrogen-bond acceptors (Lipinski definition) is 4. The topological polar surface area (TPSA) is 62.3 Å². The number of nitrogens with zero attached hydrogens (tertiary/aromatic N) is 2. The smallest absolute Gasteiger partial charge is 0.143 e. The van der Waals surface area contributed by atoms with Gasteiger partial charge >= 0.3 is 0 Å². The highest BCUT2D eigenvalue weighted by molar-refractivity contribution is 5.63.